The van der Waals surface area contributed by atoms with E-state index in [0.29, 0.717) is 6.61 Å². The summed E-state index contributed by atoms with van der Waals surface area (Å²) in [7, 11) is -0.413. The molecule has 0 spiro atoms. The number of likely N-dealkylation sites (N-methyl/N-ethyl adjacent to an activating group) is 1. The van der Waals surface area contributed by atoms with Crippen LogP contribution >= 0.6 is 0 Å². The molecule has 0 aliphatic heterocycles. The van der Waals surface area contributed by atoms with Gasteiger partial charge in [0.15, 0.2) is 0 Å². The van der Waals surface area contributed by atoms with E-state index < -0.39 is 10.0 Å². The molecule has 2 unspecified atom stereocenters. The van der Waals surface area contributed by atoms with Crippen molar-refractivity contribution in [2.75, 3.05) is 20.8 Å². The summed E-state index contributed by atoms with van der Waals surface area (Å²) in [6.07, 6.45) is 0.763. The van der Waals surface area contributed by atoms with Crippen molar-refractivity contribution in [2.24, 2.45) is 5.73 Å². The molecule has 6 heteroatoms. The van der Waals surface area contributed by atoms with Crippen molar-refractivity contribution in [3.05, 3.63) is 29.8 Å². The third kappa shape index (κ3) is 3.79. The van der Waals surface area contributed by atoms with Gasteiger partial charge < -0.3 is 10.5 Å². The van der Waals surface area contributed by atoms with E-state index in [9.17, 15) is 8.42 Å². The molecule has 20 heavy (non-hydrogen) atoms. The first-order chi connectivity index (χ1) is 9.34. The molecule has 0 amide bonds. The van der Waals surface area contributed by atoms with Crippen LogP contribution in [0, 0.1) is 0 Å². The zero-order valence-corrected chi connectivity index (χ0v) is 13.4. The molecule has 5 nitrogen and oxygen atoms in total. The van der Waals surface area contributed by atoms with Gasteiger partial charge in [-0.15, -0.1) is 0 Å². The molecule has 0 saturated heterocycles. The predicted molar refractivity (Wildman–Crippen MR) is 79.9 cm³/mol. The van der Waals surface area contributed by atoms with Crippen LogP contribution in [0.5, 0.6) is 0 Å². The second-order valence-electron chi connectivity index (χ2n) is 4.91. The molecule has 1 aromatic rings. The third-order valence-electron chi connectivity index (χ3n) is 3.43. The third-order valence-corrected chi connectivity index (χ3v) is 5.40. The van der Waals surface area contributed by atoms with Crippen LogP contribution < -0.4 is 5.73 Å². The van der Waals surface area contributed by atoms with Crippen molar-refractivity contribution in [3.63, 3.8) is 0 Å². The number of benzene rings is 1. The Morgan fingerprint density at radius 3 is 2.60 bits per heavy atom. The van der Waals surface area contributed by atoms with E-state index in [-0.39, 0.29) is 17.0 Å². The van der Waals surface area contributed by atoms with E-state index in [1.54, 1.807) is 32.4 Å². The lowest BCUT2D eigenvalue weighted by atomic mass is 10.1. The first kappa shape index (κ1) is 17.1. The van der Waals surface area contributed by atoms with Crippen LogP contribution in [0.2, 0.25) is 0 Å². The van der Waals surface area contributed by atoms with Crippen LogP contribution in [0.4, 0.5) is 0 Å². The maximum Gasteiger partial charge on any atom is 0.243 e. The van der Waals surface area contributed by atoms with Gasteiger partial charge in [-0.1, -0.05) is 19.1 Å². The van der Waals surface area contributed by atoms with Crippen LogP contribution in [-0.4, -0.2) is 39.5 Å². The average Bonchev–Trinajstić information content (AvgIpc) is 2.45. The molecule has 2 N–H and O–H groups in total. The van der Waals surface area contributed by atoms with Crippen LogP contribution in [0.15, 0.2) is 29.2 Å². The number of rotatable bonds is 7. The number of hydrogen-bond acceptors (Lipinski definition) is 4. The smallest absolute Gasteiger partial charge is 0.243 e. The van der Waals surface area contributed by atoms with Crippen molar-refractivity contribution >= 4 is 10.0 Å². The molecule has 0 aromatic heterocycles. The highest BCUT2D eigenvalue weighted by Gasteiger charge is 2.25. The van der Waals surface area contributed by atoms with E-state index in [2.05, 4.69) is 0 Å². The van der Waals surface area contributed by atoms with Crippen LogP contribution in [0.1, 0.15) is 31.9 Å². The van der Waals surface area contributed by atoms with Crippen molar-refractivity contribution < 1.29 is 13.2 Å². The van der Waals surface area contributed by atoms with Gasteiger partial charge in [0.25, 0.3) is 0 Å². The number of ether oxygens (including phenoxy) is 1. The summed E-state index contributed by atoms with van der Waals surface area (Å²) in [6, 6.07) is 6.45. The average molecular weight is 300 g/mol. The van der Waals surface area contributed by atoms with E-state index in [0.717, 1.165) is 12.0 Å². The number of sulfonamides is 1. The minimum atomic E-state index is -3.53. The number of hydrogen-bond donors (Lipinski definition) is 1. The van der Waals surface area contributed by atoms with Gasteiger partial charge >= 0.3 is 0 Å². The summed E-state index contributed by atoms with van der Waals surface area (Å²) in [5, 5.41) is 0. The summed E-state index contributed by atoms with van der Waals surface area (Å²) in [6.45, 7) is 4.13. The summed E-state index contributed by atoms with van der Waals surface area (Å²) < 4.78 is 31.4. The molecular formula is C14H24N2O3S. The molecule has 0 aliphatic carbocycles. The number of nitrogens with zero attached hydrogens (tertiary/aromatic N) is 1. The second-order valence-corrected chi connectivity index (χ2v) is 6.91. The van der Waals surface area contributed by atoms with Crippen LogP contribution in [0.3, 0.4) is 0 Å². The highest BCUT2D eigenvalue weighted by atomic mass is 32.2. The number of nitrogens with two attached hydrogens (primary N) is 1. The molecule has 0 heterocycles. The number of methoxy groups -OCH3 is 1. The fourth-order valence-corrected chi connectivity index (χ4v) is 3.29. The molecule has 1 rings (SSSR count). The van der Waals surface area contributed by atoms with Crippen molar-refractivity contribution in [1.82, 2.24) is 4.31 Å². The zero-order valence-electron chi connectivity index (χ0n) is 12.5. The van der Waals surface area contributed by atoms with Crippen molar-refractivity contribution in [2.45, 2.75) is 37.2 Å². The summed E-state index contributed by atoms with van der Waals surface area (Å²) >= 11 is 0. The minimum Gasteiger partial charge on any atom is -0.383 e. The van der Waals surface area contributed by atoms with Gasteiger partial charge in [0.2, 0.25) is 10.0 Å². The van der Waals surface area contributed by atoms with Gasteiger partial charge in [0.05, 0.1) is 11.5 Å². The standard InChI is InChI=1S/C14H24N2O3S/c1-5-14(15)12-7-6-8-13(9-12)20(17,18)16(3)11(2)10-19-4/h6-9,11,14H,5,10,15H2,1-4H3. The quantitative estimate of drug-likeness (QED) is 0.832. The highest BCUT2D eigenvalue weighted by molar-refractivity contribution is 7.89. The fraction of sp³-hybridized carbons (Fsp3) is 0.571. The molecule has 114 valence electrons. The SMILES string of the molecule is CCC(N)c1cccc(S(=O)(=O)N(C)C(C)COC)c1. The van der Waals surface area contributed by atoms with Gasteiger partial charge in [-0.25, -0.2) is 8.42 Å². The lowest BCUT2D eigenvalue weighted by Crippen LogP contribution is -2.37. The van der Waals surface area contributed by atoms with Crippen molar-refractivity contribution in [3.8, 4) is 0 Å². The van der Waals surface area contributed by atoms with Crippen LogP contribution in [0.25, 0.3) is 0 Å². The molecular weight excluding hydrogens is 276 g/mol. The topological polar surface area (TPSA) is 72.6 Å². The van der Waals surface area contributed by atoms with E-state index in [4.69, 9.17) is 10.5 Å². The molecule has 0 bridgehead atoms. The van der Waals surface area contributed by atoms with Crippen LogP contribution in [-0.2, 0) is 14.8 Å². The lowest BCUT2D eigenvalue weighted by molar-refractivity contribution is 0.149. The molecule has 2 atom stereocenters. The molecule has 0 saturated carbocycles. The summed E-state index contributed by atoms with van der Waals surface area (Å²) in [5.41, 5.74) is 6.80. The van der Waals surface area contributed by atoms with E-state index in [1.807, 2.05) is 19.9 Å². The maximum atomic E-state index is 12.5. The lowest BCUT2D eigenvalue weighted by Gasteiger charge is -2.24. The van der Waals surface area contributed by atoms with Gasteiger partial charge in [0.1, 0.15) is 0 Å². The monoisotopic (exact) mass is 300 g/mol. The van der Waals surface area contributed by atoms with Gasteiger partial charge in [-0.2, -0.15) is 4.31 Å². The normalized spacial score (nSPS) is 15.3. The molecule has 1 aromatic carbocycles. The van der Waals surface area contributed by atoms with E-state index in [1.165, 1.54) is 4.31 Å². The van der Waals surface area contributed by atoms with Gasteiger partial charge in [-0.3, -0.25) is 0 Å². The van der Waals surface area contributed by atoms with Crippen molar-refractivity contribution in [1.29, 1.82) is 0 Å². The fourth-order valence-electron chi connectivity index (χ4n) is 1.89. The Morgan fingerprint density at radius 2 is 2.05 bits per heavy atom. The highest BCUT2D eigenvalue weighted by Crippen LogP contribution is 2.21. The molecule has 0 fully saturated rings. The Morgan fingerprint density at radius 1 is 1.40 bits per heavy atom. The Labute approximate surface area is 121 Å². The molecule has 0 radical (unpaired) electrons. The maximum absolute atomic E-state index is 12.5. The minimum absolute atomic E-state index is 0.146. The Balaban J connectivity index is 3.09. The Bertz CT molecular complexity index is 531. The molecule has 0 aliphatic rings. The first-order valence-electron chi connectivity index (χ1n) is 6.67. The zero-order chi connectivity index (χ0) is 15.3. The Hall–Kier alpha value is -0.950. The summed E-state index contributed by atoms with van der Waals surface area (Å²) in [4.78, 5) is 0.268. The largest absolute Gasteiger partial charge is 0.383 e. The first-order valence-corrected chi connectivity index (χ1v) is 8.11. The Kier molecular flexibility index (Phi) is 6.13. The van der Waals surface area contributed by atoms with E-state index >= 15 is 0 Å². The van der Waals surface area contributed by atoms with Gasteiger partial charge in [-0.05, 0) is 31.0 Å². The van der Waals surface area contributed by atoms with Gasteiger partial charge in [0, 0.05) is 26.2 Å². The second kappa shape index (κ2) is 7.17. The predicted octanol–water partition coefficient (Wildman–Crippen LogP) is 1.75. The summed E-state index contributed by atoms with van der Waals surface area (Å²) in [5.74, 6) is 0.